The average molecular weight is 234 g/mol. The van der Waals surface area contributed by atoms with Crippen LogP contribution in [0.15, 0.2) is 18.2 Å². The number of aromatic nitrogens is 2. The Bertz CT molecular complexity index is 547. The lowest BCUT2D eigenvalue weighted by Crippen LogP contribution is -2.11. The predicted octanol–water partition coefficient (Wildman–Crippen LogP) is 1.41. The van der Waals surface area contributed by atoms with Crippen molar-refractivity contribution in [1.82, 2.24) is 10.2 Å². The van der Waals surface area contributed by atoms with E-state index < -0.39 is 0 Å². The molecule has 6 nitrogen and oxygen atoms in total. The number of hydrogen-bond acceptors (Lipinski definition) is 5. The molecule has 0 aliphatic rings. The van der Waals surface area contributed by atoms with E-state index in [1.54, 1.807) is 32.0 Å². The number of carbonyl (C=O) groups is 1. The molecule has 0 aliphatic heterocycles. The van der Waals surface area contributed by atoms with Crippen LogP contribution in [0, 0.1) is 0 Å². The highest BCUT2D eigenvalue weighted by molar-refractivity contribution is 5.98. The van der Waals surface area contributed by atoms with E-state index in [0.29, 0.717) is 11.4 Å². The molecule has 0 saturated heterocycles. The van der Waals surface area contributed by atoms with Crippen molar-refractivity contribution in [3.05, 3.63) is 23.8 Å². The number of H-pyrrole nitrogens is 1. The summed E-state index contributed by atoms with van der Waals surface area (Å²) in [5, 5.41) is 7.52. The lowest BCUT2D eigenvalue weighted by atomic mass is 10.1. The minimum absolute atomic E-state index is 0.144. The molecule has 0 radical (unpaired) electrons. The van der Waals surface area contributed by atoms with Crippen molar-refractivity contribution in [3.63, 3.8) is 0 Å². The lowest BCUT2D eigenvalue weighted by Gasteiger charge is -2.07. The Balaban J connectivity index is 2.39. The Hall–Kier alpha value is -2.08. The molecule has 17 heavy (non-hydrogen) atoms. The molecule has 90 valence electrons. The van der Waals surface area contributed by atoms with E-state index in [9.17, 15) is 4.79 Å². The second-order valence-electron chi connectivity index (χ2n) is 3.93. The Morgan fingerprint density at radius 2 is 2.29 bits per heavy atom. The first-order valence-corrected chi connectivity index (χ1v) is 5.27. The van der Waals surface area contributed by atoms with Crippen molar-refractivity contribution in [2.24, 2.45) is 5.84 Å². The second kappa shape index (κ2) is 4.42. The van der Waals surface area contributed by atoms with Crippen LogP contribution in [-0.2, 0) is 4.74 Å². The molecule has 0 saturated carbocycles. The quantitative estimate of drug-likeness (QED) is 0.424. The van der Waals surface area contributed by atoms with Crippen molar-refractivity contribution >= 4 is 22.7 Å². The summed E-state index contributed by atoms with van der Waals surface area (Å²) in [5.41, 5.74) is 3.74. The van der Waals surface area contributed by atoms with Crippen LogP contribution in [0.3, 0.4) is 0 Å². The van der Waals surface area contributed by atoms with Crippen LogP contribution in [0.4, 0.5) is 5.82 Å². The Kier molecular flexibility index (Phi) is 2.97. The third kappa shape index (κ3) is 2.21. The van der Waals surface area contributed by atoms with Crippen LogP contribution in [0.25, 0.3) is 10.9 Å². The smallest absolute Gasteiger partial charge is 0.338 e. The topological polar surface area (TPSA) is 93.0 Å². The maximum Gasteiger partial charge on any atom is 0.338 e. The van der Waals surface area contributed by atoms with Crippen LogP contribution in [0.1, 0.15) is 24.2 Å². The zero-order valence-electron chi connectivity index (χ0n) is 9.65. The molecule has 1 heterocycles. The number of ether oxygens (including phenoxy) is 1. The summed E-state index contributed by atoms with van der Waals surface area (Å²) in [6.07, 6.45) is -0.144. The number of anilines is 1. The minimum Gasteiger partial charge on any atom is -0.459 e. The summed E-state index contributed by atoms with van der Waals surface area (Å²) in [4.78, 5) is 11.7. The monoisotopic (exact) mass is 234 g/mol. The van der Waals surface area contributed by atoms with Gasteiger partial charge in [-0.3, -0.25) is 5.10 Å². The highest BCUT2D eigenvalue weighted by atomic mass is 16.5. The fraction of sp³-hybridized carbons (Fsp3) is 0.273. The van der Waals surface area contributed by atoms with Gasteiger partial charge in [0.2, 0.25) is 0 Å². The van der Waals surface area contributed by atoms with Gasteiger partial charge in [0, 0.05) is 5.39 Å². The van der Waals surface area contributed by atoms with Crippen LogP contribution >= 0.6 is 0 Å². The third-order valence-corrected chi connectivity index (χ3v) is 2.28. The SMILES string of the molecule is CC(C)OC(=O)c1ccc2[nH]nc(NN)c2c1. The molecule has 1 aromatic heterocycles. The van der Waals surface area contributed by atoms with Crippen molar-refractivity contribution in [3.8, 4) is 0 Å². The number of carbonyl (C=O) groups excluding carboxylic acids is 1. The van der Waals surface area contributed by atoms with Gasteiger partial charge in [0.1, 0.15) is 0 Å². The number of nitrogens with two attached hydrogens (primary N) is 1. The van der Waals surface area contributed by atoms with Gasteiger partial charge in [0.25, 0.3) is 0 Å². The van der Waals surface area contributed by atoms with E-state index >= 15 is 0 Å². The van der Waals surface area contributed by atoms with E-state index in [2.05, 4.69) is 15.6 Å². The zero-order chi connectivity index (χ0) is 12.4. The van der Waals surface area contributed by atoms with Gasteiger partial charge in [-0.1, -0.05) is 0 Å². The molecule has 0 fully saturated rings. The van der Waals surface area contributed by atoms with Gasteiger partial charge in [-0.2, -0.15) is 5.10 Å². The van der Waals surface area contributed by atoms with Crippen molar-refractivity contribution in [2.45, 2.75) is 20.0 Å². The molecule has 6 heteroatoms. The van der Waals surface area contributed by atoms with Gasteiger partial charge in [0.05, 0.1) is 17.2 Å². The van der Waals surface area contributed by atoms with Crippen LogP contribution in [0.2, 0.25) is 0 Å². The fourth-order valence-electron chi connectivity index (χ4n) is 1.53. The van der Waals surface area contributed by atoms with Crippen molar-refractivity contribution in [2.75, 3.05) is 5.43 Å². The lowest BCUT2D eigenvalue weighted by molar-refractivity contribution is 0.0378. The summed E-state index contributed by atoms with van der Waals surface area (Å²) >= 11 is 0. The van der Waals surface area contributed by atoms with E-state index in [0.717, 1.165) is 10.9 Å². The minimum atomic E-state index is -0.355. The molecule has 0 aliphatic carbocycles. The number of esters is 1. The summed E-state index contributed by atoms with van der Waals surface area (Å²) in [6, 6.07) is 5.14. The first kappa shape index (κ1) is 11.4. The summed E-state index contributed by atoms with van der Waals surface area (Å²) in [5.74, 6) is 5.46. The third-order valence-electron chi connectivity index (χ3n) is 2.28. The molecule has 0 unspecified atom stereocenters. The van der Waals surface area contributed by atoms with Gasteiger partial charge in [0.15, 0.2) is 5.82 Å². The highest BCUT2D eigenvalue weighted by Gasteiger charge is 2.12. The number of nitrogens with one attached hydrogen (secondary N) is 2. The van der Waals surface area contributed by atoms with Crippen LogP contribution < -0.4 is 11.3 Å². The average Bonchev–Trinajstić information content (AvgIpc) is 2.69. The van der Waals surface area contributed by atoms with Crippen LogP contribution in [-0.4, -0.2) is 22.3 Å². The number of fused-ring (bicyclic) bond motifs is 1. The molecule has 0 spiro atoms. The number of rotatable bonds is 3. The maximum absolute atomic E-state index is 11.7. The van der Waals surface area contributed by atoms with E-state index in [1.165, 1.54) is 0 Å². The number of nitrogen functional groups attached to an aromatic ring is 1. The van der Waals surface area contributed by atoms with Gasteiger partial charge >= 0.3 is 5.97 Å². The number of benzene rings is 1. The molecule has 2 aromatic rings. The molecule has 0 atom stereocenters. The molecule has 4 N–H and O–H groups in total. The Morgan fingerprint density at radius 3 is 2.94 bits per heavy atom. The first-order chi connectivity index (χ1) is 8.11. The maximum atomic E-state index is 11.7. The molecule has 0 bridgehead atoms. The summed E-state index contributed by atoms with van der Waals surface area (Å²) in [7, 11) is 0. The van der Waals surface area contributed by atoms with Gasteiger partial charge in [-0.05, 0) is 32.0 Å². The molecule has 1 aromatic carbocycles. The molecular weight excluding hydrogens is 220 g/mol. The largest absolute Gasteiger partial charge is 0.459 e. The predicted molar refractivity (Wildman–Crippen MR) is 64.5 cm³/mol. The van der Waals surface area contributed by atoms with Gasteiger partial charge < -0.3 is 10.2 Å². The number of nitrogens with zero attached hydrogens (tertiary/aromatic N) is 1. The Morgan fingerprint density at radius 1 is 1.53 bits per heavy atom. The Labute approximate surface area is 98.1 Å². The van der Waals surface area contributed by atoms with Crippen LogP contribution in [0.5, 0.6) is 0 Å². The standard InChI is InChI=1S/C11H14N4O2/c1-6(2)17-11(16)7-3-4-9-8(5-7)10(13-12)15-14-9/h3-6H,12H2,1-2H3,(H2,13,14,15). The highest BCUT2D eigenvalue weighted by Crippen LogP contribution is 2.21. The molecule has 2 rings (SSSR count). The summed E-state index contributed by atoms with van der Waals surface area (Å²) < 4.78 is 5.11. The van der Waals surface area contributed by atoms with E-state index in [-0.39, 0.29) is 12.1 Å². The van der Waals surface area contributed by atoms with E-state index in [4.69, 9.17) is 10.6 Å². The number of hydrazine groups is 1. The molecular formula is C11H14N4O2. The van der Waals surface area contributed by atoms with Gasteiger partial charge in [-0.15, -0.1) is 0 Å². The van der Waals surface area contributed by atoms with Crippen molar-refractivity contribution in [1.29, 1.82) is 0 Å². The zero-order valence-corrected chi connectivity index (χ0v) is 9.65. The number of aromatic amines is 1. The van der Waals surface area contributed by atoms with Crippen molar-refractivity contribution < 1.29 is 9.53 Å². The van der Waals surface area contributed by atoms with E-state index in [1.807, 2.05) is 0 Å². The molecule has 0 amide bonds. The van der Waals surface area contributed by atoms with Gasteiger partial charge in [-0.25, -0.2) is 10.6 Å². The fourth-order valence-corrected chi connectivity index (χ4v) is 1.53. The second-order valence-corrected chi connectivity index (χ2v) is 3.93. The normalized spacial score (nSPS) is 10.8. The number of hydrogen-bond donors (Lipinski definition) is 3. The summed E-state index contributed by atoms with van der Waals surface area (Å²) in [6.45, 7) is 3.61. The first-order valence-electron chi connectivity index (χ1n) is 5.27.